The molecule has 0 N–H and O–H groups in total. The molecule has 182 valence electrons. The fourth-order valence-electron chi connectivity index (χ4n) is 5.04. The first-order chi connectivity index (χ1) is 14.8. The van der Waals surface area contributed by atoms with E-state index in [0.29, 0.717) is 0 Å². The van der Waals surface area contributed by atoms with E-state index in [9.17, 15) is 0 Å². The summed E-state index contributed by atoms with van der Waals surface area (Å²) in [4.78, 5) is 0. The minimum absolute atomic E-state index is 1.04. The molecule has 0 amide bonds. The molecule has 0 nitrogen and oxygen atoms in total. The molecule has 0 aliphatic rings. The Morgan fingerprint density at radius 1 is 0.267 bits per heavy atom. The van der Waals surface area contributed by atoms with E-state index in [1.54, 1.807) is 0 Å². The van der Waals surface area contributed by atoms with E-state index in [-0.39, 0.29) is 0 Å². The Balaban J connectivity index is 3.31. The highest BCUT2D eigenvalue weighted by Gasteiger charge is 2.07. The monoisotopic (exact) mass is 422 g/mol. The predicted molar refractivity (Wildman–Crippen MR) is 141 cm³/mol. The van der Waals surface area contributed by atoms with Crippen molar-refractivity contribution >= 4 is 0 Å². The van der Waals surface area contributed by atoms with Gasteiger partial charge in [0.1, 0.15) is 0 Å². The van der Waals surface area contributed by atoms with Crippen LogP contribution < -0.4 is 0 Å². The zero-order valence-electron chi connectivity index (χ0n) is 22.0. The van der Waals surface area contributed by atoms with Gasteiger partial charge in [0.25, 0.3) is 0 Å². The molecule has 0 rings (SSSR count). The van der Waals surface area contributed by atoms with E-state index in [2.05, 4.69) is 20.8 Å². The molecular formula is C30H62. The van der Waals surface area contributed by atoms with Gasteiger partial charge in [-0.3, -0.25) is 0 Å². The van der Waals surface area contributed by atoms with Gasteiger partial charge in [-0.05, 0) is 5.92 Å². The highest BCUT2D eigenvalue weighted by Crippen LogP contribution is 2.23. The van der Waals surface area contributed by atoms with E-state index in [1.165, 1.54) is 167 Å². The van der Waals surface area contributed by atoms with Crippen LogP contribution >= 0.6 is 0 Å². The zero-order chi connectivity index (χ0) is 22.0. The molecule has 0 saturated carbocycles. The second-order valence-corrected chi connectivity index (χ2v) is 10.3. The summed E-state index contributed by atoms with van der Waals surface area (Å²) in [5.74, 6) is 1.04. The Labute approximate surface area is 193 Å². The van der Waals surface area contributed by atoms with Gasteiger partial charge in [-0.25, -0.2) is 0 Å². The van der Waals surface area contributed by atoms with Gasteiger partial charge in [-0.2, -0.15) is 0 Å². The third-order valence-electron chi connectivity index (χ3n) is 7.13. The second-order valence-electron chi connectivity index (χ2n) is 10.3. The first kappa shape index (κ1) is 30.0. The van der Waals surface area contributed by atoms with E-state index in [1.807, 2.05) is 0 Å². The van der Waals surface area contributed by atoms with Crippen molar-refractivity contribution in [2.24, 2.45) is 5.92 Å². The van der Waals surface area contributed by atoms with Gasteiger partial charge < -0.3 is 0 Å². The van der Waals surface area contributed by atoms with Gasteiger partial charge in [-0.1, -0.05) is 188 Å². The van der Waals surface area contributed by atoms with Crippen molar-refractivity contribution in [1.82, 2.24) is 0 Å². The van der Waals surface area contributed by atoms with Gasteiger partial charge in [0.15, 0.2) is 0 Å². The third kappa shape index (κ3) is 24.3. The quantitative estimate of drug-likeness (QED) is 0.122. The molecule has 0 aliphatic heterocycles. The van der Waals surface area contributed by atoms with Crippen molar-refractivity contribution in [2.45, 2.75) is 188 Å². The molecule has 0 saturated heterocycles. The molecule has 0 aromatic heterocycles. The van der Waals surface area contributed by atoms with Crippen molar-refractivity contribution in [3.05, 3.63) is 0 Å². The molecule has 0 aromatic rings. The maximum absolute atomic E-state index is 2.38. The maximum atomic E-state index is 2.38. The third-order valence-corrected chi connectivity index (χ3v) is 7.13. The topological polar surface area (TPSA) is 0 Å². The normalized spacial score (nSPS) is 12.5. The molecule has 30 heavy (non-hydrogen) atoms. The number of hydrogen-bond donors (Lipinski definition) is 0. The Kier molecular flexibility index (Phi) is 27.0. The second kappa shape index (κ2) is 27.0. The van der Waals surface area contributed by atoms with Crippen LogP contribution in [0.2, 0.25) is 0 Å². The molecule has 0 bridgehead atoms. The minimum Gasteiger partial charge on any atom is -0.0654 e. The van der Waals surface area contributed by atoms with Crippen molar-refractivity contribution in [3.63, 3.8) is 0 Å². The molecular weight excluding hydrogens is 360 g/mol. The largest absolute Gasteiger partial charge is 0.0654 e. The maximum Gasteiger partial charge on any atom is -0.0414 e. The lowest BCUT2D eigenvalue weighted by Gasteiger charge is -2.16. The summed E-state index contributed by atoms with van der Waals surface area (Å²) in [6.45, 7) is 7.00. The first-order valence-corrected chi connectivity index (χ1v) is 14.8. The lowest BCUT2D eigenvalue weighted by Crippen LogP contribution is -2.00. The average Bonchev–Trinajstić information content (AvgIpc) is 2.75. The molecule has 0 heterocycles. The first-order valence-electron chi connectivity index (χ1n) is 14.8. The molecule has 1 atom stereocenters. The SMILES string of the molecule is CCCCCCCCCCCCCCCCCCC(CCC)CCCCCCCC. The van der Waals surface area contributed by atoms with Crippen LogP contribution in [-0.4, -0.2) is 0 Å². The Morgan fingerprint density at radius 3 is 0.800 bits per heavy atom. The van der Waals surface area contributed by atoms with Crippen molar-refractivity contribution in [1.29, 1.82) is 0 Å². The van der Waals surface area contributed by atoms with Crippen LogP contribution in [-0.2, 0) is 0 Å². The van der Waals surface area contributed by atoms with Gasteiger partial charge in [0, 0.05) is 0 Å². The Hall–Kier alpha value is 0. The number of hydrogen-bond acceptors (Lipinski definition) is 0. The summed E-state index contributed by atoms with van der Waals surface area (Å²) in [5.41, 5.74) is 0. The van der Waals surface area contributed by atoms with Crippen LogP contribution in [0.3, 0.4) is 0 Å². The fourth-order valence-corrected chi connectivity index (χ4v) is 5.04. The zero-order valence-corrected chi connectivity index (χ0v) is 22.0. The summed E-state index contributed by atoms with van der Waals surface area (Å²) < 4.78 is 0. The Morgan fingerprint density at radius 2 is 0.533 bits per heavy atom. The minimum atomic E-state index is 1.04. The summed E-state index contributed by atoms with van der Waals surface area (Å²) >= 11 is 0. The van der Waals surface area contributed by atoms with Gasteiger partial charge in [0.2, 0.25) is 0 Å². The smallest absolute Gasteiger partial charge is 0.0414 e. The molecule has 0 spiro atoms. The molecule has 0 aliphatic carbocycles. The van der Waals surface area contributed by atoms with E-state index < -0.39 is 0 Å². The predicted octanol–water partition coefficient (Wildman–Crippen LogP) is 11.8. The van der Waals surface area contributed by atoms with Crippen LogP contribution in [0.5, 0.6) is 0 Å². The lowest BCUT2D eigenvalue weighted by molar-refractivity contribution is 0.377. The van der Waals surface area contributed by atoms with Crippen LogP contribution in [0, 0.1) is 5.92 Å². The number of rotatable bonds is 26. The van der Waals surface area contributed by atoms with E-state index in [0.717, 1.165) is 5.92 Å². The Bertz CT molecular complexity index is 282. The van der Waals surface area contributed by atoms with Crippen molar-refractivity contribution < 1.29 is 0 Å². The average molecular weight is 423 g/mol. The van der Waals surface area contributed by atoms with E-state index >= 15 is 0 Å². The number of unbranched alkanes of at least 4 members (excludes halogenated alkanes) is 20. The van der Waals surface area contributed by atoms with E-state index in [4.69, 9.17) is 0 Å². The summed E-state index contributed by atoms with van der Waals surface area (Å²) in [6, 6.07) is 0. The summed E-state index contributed by atoms with van der Waals surface area (Å²) in [7, 11) is 0. The summed E-state index contributed by atoms with van der Waals surface area (Å²) in [5, 5.41) is 0. The molecule has 0 heteroatoms. The lowest BCUT2D eigenvalue weighted by atomic mass is 9.90. The molecule has 0 aromatic carbocycles. The van der Waals surface area contributed by atoms with Gasteiger partial charge >= 0.3 is 0 Å². The molecule has 0 fully saturated rings. The highest BCUT2D eigenvalue weighted by molar-refractivity contribution is 4.61. The van der Waals surface area contributed by atoms with Crippen molar-refractivity contribution in [2.75, 3.05) is 0 Å². The van der Waals surface area contributed by atoms with Crippen LogP contribution in [0.15, 0.2) is 0 Å². The van der Waals surface area contributed by atoms with Gasteiger partial charge in [0.05, 0.1) is 0 Å². The molecule has 0 radical (unpaired) electrons. The van der Waals surface area contributed by atoms with Crippen LogP contribution in [0.25, 0.3) is 0 Å². The highest BCUT2D eigenvalue weighted by atomic mass is 14.1. The molecule has 1 unspecified atom stereocenters. The van der Waals surface area contributed by atoms with Crippen LogP contribution in [0.4, 0.5) is 0 Å². The van der Waals surface area contributed by atoms with Crippen molar-refractivity contribution in [3.8, 4) is 0 Å². The summed E-state index contributed by atoms with van der Waals surface area (Å²) in [6.07, 6.45) is 38.3. The van der Waals surface area contributed by atoms with Crippen LogP contribution in [0.1, 0.15) is 188 Å². The standard InChI is InChI=1S/C30H62/c1-4-7-9-11-13-14-15-16-17-18-19-20-21-22-24-26-29-30(27-6-3)28-25-23-12-10-8-5-2/h30H,4-29H2,1-3H3. The fraction of sp³-hybridized carbons (Fsp3) is 1.00. The van der Waals surface area contributed by atoms with Gasteiger partial charge in [-0.15, -0.1) is 0 Å².